The minimum Gasteiger partial charge on any atom is -0.477 e. The lowest BCUT2D eigenvalue weighted by Gasteiger charge is -2.09. The molecule has 5 heteroatoms. The summed E-state index contributed by atoms with van der Waals surface area (Å²) in [5.41, 5.74) is 5.89. The van der Waals surface area contributed by atoms with Crippen LogP contribution >= 0.6 is 11.6 Å². The second kappa shape index (κ2) is 8.75. The molecular weight excluding hydrogens is 262 g/mol. The summed E-state index contributed by atoms with van der Waals surface area (Å²) in [4.78, 5) is 4.06. The van der Waals surface area contributed by atoms with Crippen LogP contribution in [0, 0.1) is 5.41 Å². The average Bonchev–Trinajstić information content (AvgIpc) is 2.39. The Morgan fingerprint density at radius 2 is 2.00 bits per heavy atom. The summed E-state index contributed by atoms with van der Waals surface area (Å²) in [7, 11) is 0. The van der Waals surface area contributed by atoms with Crippen LogP contribution in [0.4, 0.5) is 0 Å². The Bertz CT molecular complexity index is 410. The predicted octanol–water partition coefficient (Wildman–Crippen LogP) is 3.76. The van der Waals surface area contributed by atoms with Crippen LogP contribution in [-0.4, -0.2) is 17.4 Å². The lowest BCUT2D eigenvalue weighted by atomic mass is 10.1. The van der Waals surface area contributed by atoms with Crippen molar-refractivity contribution in [1.82, 2.24) is 4.98 Å². The number of nitrogens with one attached hydrogen (secondary N) is 1. The molecule has 0 unspecified atom stereocenters. The van der Waals surface area contributed by atoms with E-state index in [1.165, 1.54) is 25.7 Å². The number of nitrogens with two attached hydrogens (primary N) is 1. The zero-order valence-electron chi connectivity index (χ0n) is 11.4. The molecule has 0 aromatic carbocycles. The number of ether oxygens (including phenoxy) is 1. The number of amidine groups is 1. The summed E-state index contributed by atoms with van der Waals surface area (Å²) in [6.07, 6.45) is 8.79. The summed E-state index contributed by atoms with van der Waals surface area (Å²) >= 11 is 6.08. The molecule has 0 fully saturated rings. The Kier molecular flexibility index (Phi) is 7.26. The van der Waals surface area contributed by atoms with E-state index in [1.54, 1.807) is 12.3 Å². The summed E-state index contributed by atoms with van der Waals surface area (Å²) in [5.74, 6) is 0.291. The third-order valence-electron chi connectivity index (χ3n) is 2.88. The van der Waals surface area contributed by atoms with Crippen molar-refractivity contribution >= 4 is 17.4 Å². The molecular formula is C14H22ClN3O. The van der Waals surface area contributed by atoms with E-state index in [1.807, 2.05) is 0 Å². The molecule has 0 bridgehead atoms. The smallest absolute Gasteiger partial charge is 0.233 e. The van der Waals surface area contributed by atoms with Crippen LogP contribution in [0.3, 0.4) is 0 Å². The predicted molar refractivity (Wildman–Crippen MR) is 79.1 cm³/mol. The molecule has 0 aliphatic heterocycles. The number of nitrogen functional groups attached to an aromatic ring is 1. The number of unbranched alkanes of at least 4 members (excludes halogenated alkanes) is 5. The fourth-order valence-corrected chi connectivity index (χ4v) is 2.05. The highest BCUT2D eigenvalue weighted by molar-refractivity contribution is 6.35. The molecule has 3 N–H and O–H groups in total. The van der Waals surface area contributed by atoms with Crippen molar-refractivity contribution in [1.29, 1.82) is 5.41 Å². The van der Waals surface area contributed by atoms with E-state index in [4.69, 9.17) is 27.5 Å². The molecule has 106 valence electrons. The molecule has 0 atom stereocenters. The maximum atomic E-state index is 7.39. The standard InChI is InChI=1S/C14H22ClN3O/c1-2-3-4-5-6-7-10-19-14-12(15)11(13(16)17)8-9-18-14/h8-9H,2-7,10H2,1H3,(H3,16,17). The minimum atomic E-state index is -0.0724. The Balaban J connectivity index is 2.33. The minimum absolute atomic E-state index is 0.0724. The third kappa shape index (κ3) is 5.47. The van der Waals surface area contributed by atoms with E-state index >= 15 is 0 Å². The highest BCUT2D eigenvalue weighted by atomic mass is 35.5. The molecule has 1 rings (SSSR count). The van der Waals surface area contributed by atoms with Gasteiger partial charge >= 0.3 is 0 Å². The molecule has 0 saturated heterocycles. The van der Waals surface area contributed by atoms with Crippen molar-refractivity contribution < 1.29 is 4.74 Å². The van der Waals surface area contributed by atoms with Crippen molar-refractivity contribution in [3.63, 3.8) is 0 Å². The fraction of sp³-hybridized carbons (Fsp3) is 0.571. The number of hydrogen-bond acceptors (Lipinski definition) is 3. The summed E-state index contributed by atoms with van der Waals surface area (Å²) in [6, 6.07) is 1.61. The number of pyridine rings is 1. The fourth-order valence-electron chi connectivity index (χ4n) is 1.78. The number of rotatable bonds is 9. The Labute approximate surface area is 119 Å². The molecule has 4 nitrogen and oxygen atoms in total. The first kappa shape index (κ1) is 15.8. The van der Waals surface area contributed by atoms with Gasteiger partial charge in [0.2, 0.25) is 5.88 Å². The second-order valence-electron chi connectivity index (χ2n) is 4.51. The lowest BCUT2D eigenvalue weighted by Crippen LogP contribution is -2.12. The Morgan fingerprint density at radius 3 is 2.68 bits per heavy atom. The van der Waals surface area contributed by atoms with Crippen LogP contribution in [0.2, 0.25) is 5.02 Å². The average molecular weight is 284 g/mol. The molecule has 0 aliphatic carbocycles. The quantitative estimate of drug-likeness (QED) is 0.412. The zero-order valence-corrected chi connectivity index (χ0v) is 12.2. The normalized spacial score (nSPS) is 10.4. The molecule has 1 aromatic heterocycles. The highest BCUT2D eigenvalue weighted by Crippen LogP contribution is 2.25. The van der Waals surface area contributed by atoms with Crippen LogP contribution < -0.4 is 10.5 Å². The second-order valence-corrected chi connectivity index (χ2v) is 4.89. The van der Waals surface area contributed by atoms with E-state index in [2.05, 4.69) is 11.9 Å². The first-order chi connectivity index (χ1) is 9.16. The first-order valence-electron chi connectivity index (χ1n) is 6.78. The largest absolute Gasteiger partial charge is 0.477 e. The van der Waals surface area contributed by atoms with Gasteiger partial charge in [-0.25, -0.2) is 4.98 Å². The van der Waals surface area contributed by atoms with Gasteiger partial charge in [-0.3, -0.25) is 5.41 Å². The van der Waals surface area contributed by atoms with Gasteiger partial charge < -0.3 is 10.5 Å². The number of hydrogen-bond donors (Lipinski definition) is 2. The van der Waals surface area contributed by atoms with Crippen LogP contribution in [0.5, 0.6) is 5.88 Å². The van der Waals surface area contributed by atoms with Crippen LogP contribution in [0.15, 0.2) is 12.3 Å². The van der Waals surface area contributed by atoms with Crippen molar-refractivity contribution in [2.24, 2.45) is 5.73 Å². The number of aromatic nitrogens is 1. The first-order valence-corrected chi connectivity index (χ1v) is 7.16. The van der Waals surface area contributed by atoms with Crippen LogP contribution in [0.25, 0.3) is 0 Å². The number of nitrogens with zero attached hydrogens (tertiary/aromatic N) is 1. The summed E-state index contributed by atoms with van der Waals surface area (Å²) in [6.45, 7) is 2.80. The SMILES string of the molecule is CCCCCCCCOc1nccc(C(=N)N)c1Cl. The Hall–Kier alpha value is -1.29. The molecule has 0 aliphatic rings. The van der Waals surface area contributed by atoms with Gasteiger partial charge in [-0.1, -0.05) is 50.6 Å². The maximum Gasteiger partial charge on any atom is 0.233 e. The van der Waals surface area contributed by atoms with Crippen LogP contribution in [-0.2, 0) is 0 Å². The molecule has 0 amide bonds. The molecule has 0 saturated carbocycles. The van der Waals surface area contributed by atoms with Gasteiger partial charge in [0.05, 0.1) is 6.61 Å². The van der Waals surface area contributed by atoms with Gasteiger partial charge in [0, 0.05) is 11.8 Å². The molecule has 1 aromatic rings. The van der Waals surface area contributed by atoms with Gasteiger partial charge in [0.15, 0.2) is 0 Å². The summed E-state index contributed by atoms with van der Waals surface area (Å²) < 4.78 is 5.54. The molecule has 0 spiro atoms. The van der Waals surface area contributed by atoms with Crippen molar-refractivity contribution in [2.45, 2.75) is 45.4 Å². The number of halogens is 1. The lowest BCUT2D eigenvalue weighted by molar-refractivity contribution is 0.293. The van der Waals surface area contributed by atoms with E-state index in [0.717, 1.165) is 12.8 Å². The van der Waals surface area contributed by atoms with Gasteiger partial charge in [0.1, 0.15) is 10.9 Å². The summed E-state index contributed by atoms with van der Waals surface area (Å²) in [5, 5.41) is 7.71. The highest BCUT2D eigenvalue weighted by Gasteiger charge is 2.10. The maximum absolute atomic E-state index is 7.39. The van der Waals surface area contributed by atoms with Gasteiger partial charge in [-0.05, 0) is 12.5 Å². The van der Waals surface area contributed by atoms with E-state index < -0.39 is 0 Å². The van der Waals surface area contributed by atoms with Crippen molar-refractivity contribution in [3.8, 4) is 5.88 Å². The molecule has 19 heavy (non-hydrogen) atoms. The van der Waals surface area contributed by atoms with Crippen LogP contribution in [0.1, 0.15) is 51.0 Å². The van der Waals surface area contributed by atoms with Gasteiger partial charge in [-0.2, -0.15) is 0 Å². The zero-order chi connectivity index (χ0) is 14.1. The molecule has 1 heterocycles. The monoisotopic (exact) mass is 283 g/mol. The third-order valence-corrected chi connectivity index (χ3v) is 3.25. The van der Waals surface area contributed by atoms with Crippen molar-refractivity contribution in [3.05, 3.63) is 22.8 Å². The van der Waals surface area contributed by atoms with Crippen molar-refractivity contribution in [2.75, 3.05) is 6.61 Å². The van der Waals surface area contributed by atoms with Gasteiger partial charge in [-0.15, -0.1) is 0 Å². The molecule has 0 radical (unpaired) electrons. The Morgan fingerprint density at radius 1 is 1.32 bits per heavy atom. The van der Waals surface area contributed by atoms with E-state index in [0.29, 0.717) is 23.1 Å². The topological polar surface area (TPSA) is 72.0 Å². The van der Waals surface area contributed by atoms with E-state index in [-0.39, 0.29) is 5.84 Å². The van der Waals surface area contributed by atoms with E-state index in [9.17, 15) is 0 Å². The van der Waals surface area contributed by atoms with Gasteiger partial charge in [0.25, 0.3) is 0 Å².